The number of benzene rings is 1. The SMILES string of the molecule is c1ccc2c(c1)OCC2NCc1cnn2ccccc12. The average molecular weight is 265 g/mol. The zero-order chi connectivity index (χ0) is 13.4. The van der Waals surface area contributed by atoms with Crippen LogP contribution in [0.3, 0.4) is 0 Å². The lowest BCUT2D eigenvalue weighted by molar-refractivity contribution is 0.310. The number of pyridine rings is 1. The summed E-state index contributed by atoms with van der Waals surface area (Å²) in [5.74, 6) is 0.991. The van der Waals surface area contributed by atoms with Crippen molar-refractivity contribution in [2.45, 2.75) is 12.6 Å². The molecule has 2 aromatic heterocycles. The van der Waals surface area contributed by atoms with Gasteiger partial charge in [-0.3, -0.25) is 0 Å². The van der Waals surface area contributed by atoms with E-state index in [-0.39, 0.29) is 6.04 Å². The second-order valence-electron chi connectivity index (χ2n) is 4.98. The van der Waals surface area contributed by atoms with Crippen LogP contribution in [0, 0.1) is 0 Å². The third kappa shape index (κ3) is 1.85. The molecule has 4 heteroatoms. The molecule has 1 N–H and O–H groups in total. The first-order valence-corrected chi connectivity index (χ1v) is 6.78. The molecule has 0 spiro atoms. The number of para-hydroxylation sites is 1. The van der Waals surface area contributed by atoms with Gasteiger partial charge in [0.1, 0.15) is 12.4 Å². The first-order valence-electron chi connectivity index (χ1n) is 6.78. The lowest BCUT2D eigenvalue weighted by Crippen LogP contribution is -2.21. The van der Waals surface area contributed by atoms with Crippen molar-refractivity contribution in [3.63, 3.8) is 0 Å². The first-order chi connectivity index (χ1) is 9.92. The number of nitrogens with zero attached hydrogens (tertiary/aromatic N) is 2. The van der Waals surface area contributed by atoms with E-state index in [9.17, 15) is 0 Å². The van der Waals surface area contributed by atoms with Crippen LogP contribution >= 0.6 is 0 Å². The van der Waals surface area contributed by atoms with Gasteiger partial charge in [-0.05, 0) is 18.2 Å². The number of rotatable bonds is 3. The van der Waals surface area contributed by atoms with E-state index in [0.29, 0.717) is 6.61 Å². The summed E-state index contributed by atoms with van der Waals surface area (Å²) >= 11 is 0. The van der Waals surface area contributed by atoms with Crippen LogP contribution in [0.25, 0.3) is 5.52 Å². The van der Waals surface area contributed by atoms with Gasteiger partial charge in [0.05, 0.1) is 17.8 Å². The monoisotopic (exact) mass is 265 g/mol. The third-order valence-corrected chi connectivity index (χ3v) is 3.75. The van der Waals surface area contributed by atoms with Gasteiger partial charge >= 0.3 is 0 Å². The molecule has 4 rings (SSSR count). The molecule has 0 aliphatic carbocycles. The molecular formula is C16H15N3O. The summed E-state index contributed by atoms with van der Waals surface area (Å²) in [4.78, 5) is 0. The topological polar surface area (TPSA) is 38.6 Å². The number of aromatic nitrogens is 2. The fraction of sp³-hybridized carbons (Fsp3) is 0.188. The summed E-state index contributed by atoms with van der Waals surface area (Å²) < 4.78 is 7.58. The molecule has 20 heavy (non-hydrogen) atoms. The Hall–Kier alpha value is -2.33. The van der Waals surface area contributed by atoms with Crippen LogP contribution in [0.15, 0.2) is 54.9 Å². The number of hydrogen-bond donors (Lipinski definition) is 1. The fourth-order valence-corrected chi connectivity index (χ4v) is 2.69. The molecule has 1 unspecified atom stereocenters. The average Bonchev–Trinajstić information content (AvgIpc) is 3.09. The van der Waals surface area contributed by atoms with Gasteiger partial charge in [-0.15, -0.1) is 0 Å². The molecule has 1 aromatic carbocycles. The molecule has 1 atom stereocenters. The van der Waals surface area contributed by atoms with E-state index in [0.717, 1.165) is 17.8 Å². The summed E-state index contributed by atoms with van der Waals surface area (Å²) in [5.41, 5.74) is 3.59. The fourth-order valence-electron chi connectivity index (χ4n) is 2.69. The van der Waals surface area contributed by atoms with E-state index >= 15 is 0 Å². The van der Waals surface area contributed by atoms with Crippen molar-refractivity contribution >= 4 is 5.52 Å². The second-order valence-corrected chi connectivity index (χ2v) is 4.98. The van der Waals surface area contributed by atoms with Crippen LogP contribution in [0.5, 0.6) is 5.75 Å². The highest BCUT2D eigenvalue weighted by molar-refractivity contribution is 5.53. The Bertz CT molecular complexity index is 750. The molecule has 3 aromatic rings. The molecule has 0 bridgehead atoms. The van der Waals surface area contributed by atoms with E-state index in [1.54, 1.807) is 0 Å². The first kappa shape index (κ1) is 11.5. The molecule has 1 aliphatic rings. The maximum atomic E-state index is 5.69. The summed E-state index contributed by atoms with van der Waals surface area (Å²) in [6, 6.07) is 14.6. The van der Waals surface area contributed by atoms with Gasteiger partial charge in [-0.1, -0.05) is 24.3 Å². The number of fused-ring (bicyclic) bond motifs is 2. The van der Waals surface area contributed by atoms with Crippen molar-refractivity contribution in [2.24, 2.45) is 0 Å². The van der Waals surface area contributed by atoms with Crippen molar-refractivity contribution in [1.82, 2.24) is 14.9 Å². The van der Waals surface area contributed by atoms with E-state index < -0.39 is 0 Å². The van der Waals surface area contributed by atoms with E-state index in [2.05, 4.69) is 28.6 Å². The summed E-state index contributed by atoms with van der Waals surface area (Å²) in [7, 11) is 0. The van der Waals surface area contributed by atoms with E-state index in [1.165, 1.54) is 11.1 Å². The third-order valence-electron chi connectivity index (χ3n) is 3.75. The molecule has 0 amide bonds. The van der Waals surface area contributed by atoms with Crippen LogP contribution in [0.4, 0.5) is 0 Å². The van der Waals surface area contributed by atoms with Gasteiger partial charge < -0.3 is 10.1 Å². The quantitative estimate of drug-likeness (QED) is 0.791. The zero-order valence-electron chi connectivity index (χ0n) is 11.0. The van der Waals surface area contributed by atoms with Gasteiger partial charge in [0, 0.05) is 23.9 Å². The van der Waals surface area contributed by atoms with Crippen LogP contribution in [-0.4, -0.2) is 16.2 Å². The molecule has 100 valence electrons. The maximum absolute atomic E-state index is 5.69. The summed E-state index contributed by atoms with van der Waals surface area (Å²) in [6.45, 7) is 1.48. The minimum Gasteiger partial charge on any atom is -0.491 e. The van der Waals surface area contributed by atoms with E-state index in [4.69, 9.17) is 4.74 Å². The minimum absolute atomic E-state index is 0.255. The van der Waals surface area contributed by atoms with Gasteiger partial charge in [0.25, 0.3) is 0 Å². The minimum atomic E-state index is 0.255. The molecule has 0 saturated carbocycles. The van der Waals surface area contributed by atoms with Crippen LogP contribution in [-0.2, 0) is 6.54 Å². The normalized spacial score (nSPS) is 17.1. The number of ether oxygens (including phenoxy) is 1. The maximum Gasteiger partial charge on any atom is 0.124 e. The molecular weight excluding hydrogens is 250 g/mol. The summed E-state index contributed by atoms with van der Waals surface area (Å²) in [5, 5.41) is 7.91. The molecule has 0 fully saturated rings. The van der Waals surface area contributed by atoms with E-state index in [1.807, 2.05) is 41.2 Å². The van der Waals surface area contributed by atoms with Gasteiger partial charge in [-0.25, -0.2) is 4.52 Å². The Labute approximate surface area is 117 Å². The van der Waals surface area contributed by atoms with Crippen molar-refractivity contribution in [1.29, 1.82) is 0 Å². The molecule has 0 saturated heterocycles. The smallest absolute Gasteiger partial charge is 0.124 e. The van der Waals surface area contributed by atoms with Crippen molar-refractivity contribution in [2.75, 3.05) is 6.61 Å². The highest BCUT2D eigenvalue weighted by Crippen LogP contribution is 2.31. The Morgan fingerprint density at radius 1 is 1.20 bits per heavy atom. The Balaban J connectivity index is 1.54. The van der Waals surface area contributed by atoms with Gasteiger partial charge in [-0.2, -0.15) is 5.10 Å². The largest absolute Gasteiger partial charge is 0.491 e. The van der Waals surface area contributed by atoms with Crippen LogP contribution in [0.2, 0.25) is 0 Å². The zero-order valence-corrected chi connectivity index (χ0v) is 11.0. The van der Waals surface area contributed by atoms with Crippen LogP contribution < -0.4 is 10.1 Å². The van der Waals surface area contributed by atoms with Gasteiger partial charge in [0.2, 0.25) is 0 Å². The van der Waals surface area contributed by atoms with Crippen molar-refractivity contribution in [3.05, 3.63) is 66.0 Å². The molecule has 1 aliphatic heterocycles. The second kappa shape index (κ2) is 4.65. The highest BCUT2D eigenvalue weighted by Gasteiger charge is 2.23. The van der Waals surface area contributed by atoms with Gasteiger partial charge in [0.15, 0.2) is 0 Å². The summed E-state index contributed by atoms with van der Waals surface area (Å²) in [6.07, 6.45) is 3.89. The van der Waals surface area contributed by atoms with Crippen LogP contribution in [0.1, 0.15) is 17.2 Å². The molecule has 4 nitrogen and oxygen atoms in total. The molecule has 3 heterocycles. The predicted octanol–water partition coefficient (Wildman–Crippen LogP) is 2.56. The number of nitrogens with one attached hydrogen (secondary N) is 1. The van der Waals surface area contributed by atoms with Crippen molar-refractivity contribution < 1.29 is 4.74 Å². The number of hydrogen-bond acceptors (Lipinski definition) is 3. The van der Waals surface area contributed by atoms with Crippen molar-refractivity contribution in [3.8, 4) is 5.75 Å². The standard InChI is InChI=1S/C16H15N3O/c1-2-7-16-13(5-1)14(11-20-16)17-9-12-10-18-19-8-4-3-6-15(12)19/h1-8,10,14,17H,9,11H2. The lowest BCUT2D eigenvalue weighted by Gasteiger charge is -2.10. The lowest BCUT2D eigenvalue weighted by atomic mass is 10.1. The Kier molecular flexibility index (Phi) is 2.67. The molecule has 0 radical (unpaired) electrons. The Morgan fingerprint density at radius 3 is 3.10 bits per heavy atom. The highest BCUT2D eigenvalue weighted by atomic mass is 16.5. The Morgan fingerprint density at radius 2 is 2.10 bits per heavy atom. The predicted molar refractivity (Wildman–Crippen MR) is 76.7 cm³/mol.